The third-order valence-electron chi connectivity index (χ3n) is 7.24. The molecule has 9 heteroatoms. The molecule has 0 bridgehead atoms. The van der Waals surface area contributed by atoms with E-state index in [0.717, 1.165) is 29.9 Å². The number of rotatable bonds is 10. The van der Waals surface area contributed by atoms with Gasteiger partial charge in [-0.25, -0.2) is 5.01 Å². The van der Waals surface area contributed by atoms with Crippen LogP contribution < -0.4 is 4.74 Å². The molecule has 2 aromatic carbocycles. The van der Waals surface area contributed by atoms with Crippen LogP contribution in [0.25, 0.3) is 0 Å². The van der Waals surface area contributed by atoms with E-state index in [0.29, 0.717) is 38.5 Å². The zero-order valence-corrected chi connectivity index (χ0v) is 22.8. The molecule has 38 heavy (non-hydrogen) atoms. The minimum Gasteiger partial charge on any atom is -0.496 e. The molecule has 2 aliphatic heterocycles. The molecule has 2 aliphatic rings. The molecule has 0 radical (unpaired) electrons. The second kappa shape index (κ2) is 13.0. The molecule has 1 saturated heterocycles. The molecule has 0 saturated carbocycles. The normalized spacial score (nSPS) is 17.8. The fourth-order valence-corrected chi connectivity index (χ4v) is 4.85. The molecule has 0 N–H and O–H groups in total. The Balaban J connectivity index is 1.60. The summed E-state index contributed by atoms with van der Waals surface area (Å²) in [5.41, 5.74) is 5.08. The SMILES string of the molecule is COCC(=O)N(CCN1CCOCC1)CC(=O)N1N=C(c2ccc(C)c(C)c2)C[C@H]1c1ccccc1OC. The van der Waals surface area contributed by atoms with Gasteiger partial charge in [0.1, 0.15) is 18.9 Å². The lowest BCUT2D eigenvalue weighted by Gasteiger charge is -2.31. The van der Waals surface area contributed by atoms with Gasteiger partial charge >= 0.3 is 0 Å². The number of carbonyl (C=O) groups is 2. The molecule has 2 aromatic rings. The Morgan fingerprint density at radius 2 is 1.84 bits per heavy atom. The summed E-state index contributed by atoms with van der Waals surface area (Å²) < 4.78 is 16.2. The molecule has 2 amide bonds. The molecule has 9 nitrogen and oxygen atoms in total. The van der Waals surface area contributed by atoms with Crippen molar-refractivity contribution in [2.75, 3.05) is 66.8 Å². The summed E-state index contributed by atoms with van der Waals surface area (Å²) in [6.07, 6.45) is 0.550. The molecule has 0 aliphatic carbocycles. The summed E-state index contributed by atoms with van der Waals surface area (Å²) in [5.74, 6) is 0.234. The van der Waals surface area contributed by atoms with Crippen LogP contribution in [0.2, 0.25) is 0 Å². The van der Waals surface area contributed by atoms with Crippen molar-refractivity contribution < 1.29 is 23.8 Å². The van der Waals surface area contributed by atoms with E-state index in [4.69, 9.17) is 19.3 Å². The van der Waals surface area contributed by atoms with E-state index in [1.54, 1.807) is 12.0 Å². The number of aryl methyl sites for hydroxylation is 2. The minimum atomic E-state index is -0.339. The number of carbonyl (C=O) groups excluding carboxylic acids is 2. The van der Waals surface area contributed by atoms with Crippen LogP contribution in [0.15, 0.2) is 47.6 Å². The van der Waals surface area contributed by atoms with Crippen LogP contribution in [0.1, 0.15) is 34.7 Å². The highest BCUT2D eigenvalue weighted by molar-refractivity contribution is 6.03. The highest BCUT2D eigenvalue weighted by Crippen LogP contribution is 2.37. The molecule has 204 valence electrons. The van der Waals surface area contributed by atoms with Crippen LogP contribution in [0.4, 0.5) is 0 Å². The summed E-state index contributed by atoms with van der Waals surface area (Å²) in [4.78, 5) is 30.5. The Morgan fingerprint density at radius 1 is 1.08 bits per heavy atom. The van der Waals surface area contributed by atoms with Crippen LogP contribution in [0, 0.1) is 13.8 Å². The highest BCUT2D eigenvalue weighted by Gasteiger charge is 2.36. The number of morpholine rings is 1. The quantitative estimate of drug-likeness (QED) is 0.477. The maximum atomic E-state index is 13.8. The van der Waals surface area contributed by atoms with Gasteiger partial charge in [-0.05, 0) is 42.7 Å². The zero-order chi connectivity index (χ0) is 27.1. The van der Waals surface area contributed by atoms with Crippen molar-refractivity contribution in [3.63, 3.8) is 0 Å². The standard InChI is InChI=1S/C29H38N4O5/c1-21-9-10-23(17-22(21)2)25-18-26(24-7-5-6-8-27(24)37-4)33(30-25)28(34)19-32(29(35)20-36-3)12-11-31-13-15-38-16-14-31/h5-10,17,26H,11-16,18-20H2,1-4H3/t26-/m0/s1. The van der Waals surface area contributed by atoms with Gasteiger partial charge in [-0.2, -0.15) is 5.10 Å². The third-order valence-corrected chi connectivity index (χ3v) is 7.24. The van der Waals surface area contributed by atoms with Gasteiger partial charge in [0.25, 0.3) is 5.91 Å². The predicted octanol–water partition coefficient (Wildman–Crippen LogP) is 2.80. The number of ether oxygens (including phenoxy) is 3. The number of hydrazone groups is 1. The summed E-state index contributed by atoms with van der Waals surface area (Å²) in [6.45, 7) is 8.05. The number of nitrogens with zero attached hydrogens (tertiary/aromatic N) is 4. The summed E-state index contributed by atoms with van der Waals surface area (Å²) in [5, 5.41) is 6.35. The first kappa shape index (κ1) is 27.8. The van der Waals surface area contributed by atoms with E-state index in [-0.39, 0.29) is 31.0 Å². The van der Waals surface area contributed by atoms with E-state index >= 15 is 0 Å². The summed E-state index contributed by atoms with van der Waals surface area (Å²) in [7, 11) is 3.11. The van der Waals surface area contributed by atoms with Crippen LogP contribution in [0.3, 0.4) is 0 Å². The van der Waals surface area contributed by atoms with Gasteiger partial charge in [-0.15, -0.1) is 0 Å². The second-order valence-corrected chi connectivity index (χ2v) is 9.75. The Kier molecular flexibility index (Phi) is 9.49. The maximum Gasteiger partial charge on any atom is 0.262 e. The monoisotopic (exact) mass is 522 g/mol. The highest BCUT2D eigenvalue weighted by atomic mass is 16.5. The Hall–Kier alpha value is -3.27. The minimum absolute atomic E-state index is 0.0799. The number of hydrogen-bond donors (Lipinski definition) is 0. The van der Waals surface area contributed by atoms with Gasteiger partial charge in [0.15, 0.2) is 0 Å². The van der Waals surface area contributed by atoms with Crippen LogP contribution in [-0.4, -0.2) is 99.1 Å². The largest absolute Gasteiger partial charge is 0.496 e. The van der Waals surface area contributed by atoms with Crippen LogP contribution in [-0.2, 0) is 19.1 Å². The van der Waals surface area contributed by atoms with E-state index in [9.17, 15) is 9.59 Å². The molecule has 1 fully saturated rings. The number of benzene rings is 2. The lowest BCUT2D eigenvalue weighted by Crippen LogP contribution is -2.47. The fraction of sp³-hybridized carbons (Fsp3) is 0.483. The van der Waals surface area contributed by atoms with Gasteiger partial charge in [0.2, 0.25) is 5.91 Å². The maximum absolute atomic E-state index is 13.8. The topological polar surface area (TPSA) is 83.9 Å². The molecule has 0 unspecified atom stereocenters. The molecular weight excluding hydrogens is 484 g/mol. The fourth-order valence-electron chi connectivity index (χ4n) is 4.85. The zero-order valence-electron chi connectivity index (χ0n) is 22.8. The number of hydrogen-bond acceptors (Lipinski definition) is 7. The number of para-hydroxylation sites is 1. The van der Waals surface area contributed by atoms with Crippen molar-refractivity contribution in [1.29, 1.82) is 0 Å². The van der Waals surface area contributed by atoms with E-state index in [1.165, 1.54) is 23.2 Å². The first-order chi connectivity index (χ1) is 18.4. The average molecular weight is 523 g/mol. The smallest absolute Gasteiger partial charge is 0.262 e. The van der Waals surface area contributed by atoms with Crippen molar-refractivity contribution in [1.82, 2.24) is 14.8 Å². The van der Waals surface area contributed by atoms with E-state index < -0.39 is 0 Å². The number of amides is 2. The lowest BCUT2D eigenvalue weighted by molar-refractivity contribution is -0.143. The molecule has 1 atom stereocenters. The summed E-state index contributed by atoms with van der Waals surface area (Å²) >= 11 is 0. The van der Waals surface area contributed by atoms with Crippen molar-refractivity contribution in [2.45, 2.75) is 26.3 Å². The molecule has 0 aromatic heterocycles. The first-order valence-electron chi connectivity index (χ1n) is 13.1. The molecule has 0 spiro atoms. The lowest BCUT2D eigenvalue weighted by atomic mass is 9.96. The van der Waals surface area contributed by atoms with Gasteiger partial charge in [0.05, 0.1) is 32.1 Å². The first-order valence-corrected chi connectivity index (χ1v) is 13.1. The van der Waals surface area contributed by atoms with Gasteiger partial charge in [-0.3, -0.25) is 14.5 Å². The van der Waals surface area contributed by atoms with E-state index in [1.807, 2.05) is 30.3 Å². The molecule has 4 rings (SSSR count). The van der Waals surface area contributed by atoms with Crippen LogP contribution in [0.5, 0.6) is 5.75 Å². The average Bonchev–Trinajstić information content (AvgIpc) is 3.38. The van der Waals surface area contributed by atoms with Crippen molar-refractivity contribution >= 4 is 17.5 Å². The van der Waals surface area contributed by atoms with Crippen molar-refractivity contribution in [3.8, 4) is 5.75 Å². The Labute approximate surface area is 224 Å². The third kappa shape index (κ3) is 6.59. The van der Waals surface area contributed by atoms with Crippen molar-refractivity contribution in [3.05, 3.63) is 64.7 Å². The molecular formula is C29H38N4O5. The molecule has 2 heterocycles. The predicted molar refractivity (Wildman–Crippen MR) is 145 cm³/mol. The van der Waals surface area contributed by atoms with E-state index in [2.05, 4.69) is 30.9 Å². The number of methoxy groups -OCH3 is 2. The van der Waals surface area contributed by atoms with Gasteiger partial charge in [0, 0.05) is 45.3 Å². The Bertz CT molecular complexity index is 1160. The van der Waals surface area contributed by atoms with Crippen LogP contribution >= 0.6 is 0 Å². The second-order valence-electron chi connectivity index (χ2n) is 9.75. The van der Waals surface area contributed by atoms with Gasteiger partial charge < -0.3 is 19.1 Å². The summed E-state index contributed by atoms with van der Waals surface area (Å²) in [6, 6.07) is 13.6. The Morgan fingerprint density at radius 3 is 2.55 bits per heavy atom. The van der Waals surface area contributed by atoms with Crippen molar-refractivity contribution in [2.24, 2.45) is 5.10 Å². The van der Waals surface area contributed by atoms with Gasteiger partial charge in [-0.1, -0.05) is 30.3 Å².